The summed E-state index contributed by atoms with van der Waals surface area (Å²) in [6, 6.07) is 9.85. The average Bonchev–Trinajstić information content (AvgIpc) is 3.18. The maximum Gasteiger partial charge on any atom is 0.319 e. The van der Waals surface area contributed by atoms with E-state index >= 15 is 0 Å². The molecule has 21 heavy (non-hydrogen) atoms. The fourth-order valence-electron chi connectivity index (χ4n) is 2.42. The third-order valence-electron chi connectivity index (χ3n) is 3.78. The van der Waals surface area contributed by atoms with E-state index in [-0.39, 0.29) is 12.1 Å². The lowest BCUT2D eigenvalue weighted by Gasteiger charge is -2.14. The van der Waals surface area contributed by atoms with Crippen LogP contribution in [0.1, 0.15) is 25.3 Å². The summed E-state index contributed by atoms with van der Waals surface area (Å²) in [6.45, 7) is 2.76. The van der Waals surface area contributed by atoms with Crippen molar-refractivity contribution >= 4 is 11.7 Å². The summed E-state index contributed by atoms with van der Waals surface area (Å²) in [7, 11) is 0. The van der Waals surface area contributed by atoms with E-state index in [1.807, 2.05) is 41.2 Å². The summed E-state index contributed by atoms with van der Waals surface area (Å²) in [6.07, 6.45) is 6.13. The molecule has 1 aliphatic rings. The Labute approximate surface area is 124 Å². The average molecular weight is 284 g/mol. The predicted molar refractivity (Wildman–Crippen MR) is 82.1 cm³/mol. The van der Waals surface area contributed by atoms with Crippen LogP contribution in [0.2, 0.25) is 0 Å². The van der Waals surface area contributed by atoms with Gasteiger partial charge in [-0.25, -0.2) is 4.79 Å². The first-order chi connectivity index (χ1) is 10.2. The molecule has 1 aromatic heterocycles. The Bertz CT molecular complexity index is 604. The standard InChI is InChI=1S/C16H20N4O/c1-12(14-6-7-14)18-16(21)19-15-5-2-4-13(10-15)11-20-9-3-8-17-20/h2-5,8-10,12,14H,6-7,11H2,1H3,(H2,18,19,21). The zero-order valence-electron chi connectivity index (χ0n) is 12.1. The molecule has 1 fully saturated rings. The van der Waals surface area contributed by atoms with Gasteiger partial charge in [0, 0.05) is 24.1 Å². The molecule has 1 unspecified atom stereocenters. The lowest BCUT2D eigenvalue weighted by atomic mass is 10.2. The minimum absolute atomic E-state index is 0.134. The Kier molecular flexibility index (Phi) is 3.90. The number of nitrogens with zero attached hydrogens (tertiary/aromatic N) is 2. The molecule has 110 valence electrons. The van der Waals surface area contributed by atoms with Gasteiger partial charge in [-0.2, -0.15) is 5.10 Å². The van der Waals surface area contributed by atoms with Gasteiger partial charge in [0.15, 0.2) is 0 Å². The topological polar surface area (TPSA) is 59.0 Å². The zero-order valence-corrected chi connectivity index (χ0v) is 12.1. The fourth-order valence-corrected chi connectivity index (χ4v) is 2.42. The minimum Gasteiger partial charge on any atom is -0.335 e. The van der Waals surface area contributed by atoms with Gasteiger partial charge in [-0.1, -0.05) is 12.1 Å². The van der Waals surface area contributed by atoms with Crippen LogP contribution in [-0.2, 0) is 6.54 Å². The van der Waals surface area contributed by atoms with Crippen molar-refractivity contribution in [3.05, 3.63) is 48.3 Å². The van der Waals surface area contributed by atoms with E-state index in [4.69, 9.17) is 0 Å². The van der Waals surface area contributed by atoms with E-state index in [1.165, 1.54) is 12.8 Å². The summed E-state index contributed by atoms with van der Waals surface area (Å²) >= 11 is 0. The van der Waals surface area contributed by atoms with Gasteiger partial charge in [-0.05, 0) is 49.4 Å². The van der Waals surface area contributed by atoms with Crippen molar-refractivity contribution in [1.29, 1.82) is 0 Å². The monoisotopic (exact) mass is 284 g/mol. The number of carbonyl (C=O) groups is 1. The number of rotatable bonds is 5. The highest BCUT2D eigenvalue weighted by Gasteiger charge is 2.28. The summed E-state index contributed by atoms with van der Waals surface area (Å²) in [5, 5.41) is 10.1. The second-order valence-corrected chi connectivity index (χ2v) is 5.63. The number of anilines is 1. The van der Waals surface area contributed by atoms with Gasteiger partial charge in [0.1, 0.15) is 0 Å². The van der Waals surface area contributed by atoms with Gasteiger partial charge < -0.3 is 10.6 Å². The molecule has 1 aliphatic carbocycles. The number of aromatic nitrogens is 2. The molecule has 3 rings (SSSR count). The Morgan fingerprint density at radius 2 is 2.29 bits per heavy atom. The summed E-state index contributed by atoms with van der Waals surface area (Å²) in [5.74, 6) is 0.655. The molecule has 2 amide bonds. The number of urea groups is 1. The Morgan fingerprint density at radius 1 is 1.43 bits per heavy atom. The van der Waals surface area contributed by atoms with Crippen molar-refractivity contribution < 1.29 is 4.79 Å². The molecule has 2 aromatic rings. The normalized spacial score (nSPS) is 15.5. The van der Waals surface area contributed by atoms with Gasteiger partial charge in [-0.15, -0.1) is 0 Å². The zero-order chi connectivity index (χ0) is 14.7. The highest BCUT2D eigenvalue weighted by molar-refractivity contribution is 5.89. The molecule has 1 aromatic carbocycles. The van der Waals surface area contributed by atoms with Crippen LogP contribution in [-0.4, -0.2) is 21.9 Å². The number of hydrogen-bond donors (Lipinski definition) is 2. The second kappa shape index (κ2) is 5.99. The van der Waals surface area contributed by atoms with Crippen LogP contribution >= 0.6 is 0 Å². The summed E-state index contributed by atoms with van der Waals surface area (Å²) in [4.78, 5) is 11.9. The molecule has 1 heterocycles. The highest BCUT2D eigenvalue weighted by atomic mass is 16.2. The molecule has 0 saturated heterocycles. The van der Waals surface area contributed by atoms with E-state index in [0.29, 0.717) is 12.5 Å². The predicted octanol–water partition coefficient (Wildman–Crippen LogP) is 2.85. The first kappa shape index (κ1) is 13.7. The van der Waals surface area contributed by atoms with E-state index in [1.54, 1.807) is 6.20 Å². The first-order valence-electron chi connectivity index (χ1n) is 7.34. The molecule has 5 heteroatoms. The van der Waals surface area contributed by atoms with Crippen LogP contribution in [0, 0.1) is 5.92 Å². The number of benzene rings is 1. The van der Waals surface area contributed by atoms with Gasteiger partial charge in [0.05, 0.1) is 6.54 Å². The molecule has 1 atom stereocenters. The van der Waals surface area contributed by atoms with Gasteiger partial charge in [0.2, 0.25) is 0 Å². The molecule has 1 saturated carbocycles. The van der Waals surface area contributed by atoms with Crippen molar-refractivity contribution in [3.63, 3.8) is 0 Å². The van der Waals surface area contributed by atoms with E-state index in [2.05, 4.69) is 22.7 Å². The van der Waals surface area contributed by atoms with Crippen LogP contribution in [0.25, 0.3) is 0 Å². The second-order valence-electron chi connectivity index (χ2n) is 5.63. The molecule has 0 radical (unpaired) electrons. The minimum atomic E-state index is -0.134. The van der Waals surface area contributed by atoms with Crippen LogP contribution in [0.15, 0.2) is 42.7 Å². The third kappa shape index (κ3) is 3.84. The van der Waals surface area contributed by atoms with Crippen molar-refractivity contribution in [2.75, 3.05) is 5.32 Å². The summed E-state index contributed by atoms with van der Waals surface area (Å²) < 4.78 is 1.86. The van der Waals surface area contributed by atoms with Gasteiger partial charge in [0.25, 0.3) is 0 Å². The molecule has 5 nitrogen and oxygen atoms in total. The lowest BCUT2D eigenvalue weighted by Crippen LogP contribution is -2.37. The van der Waals surface area contributed by atoms with Gasteiger partial charge in [-0.3, -0.25) is 4.68 Å². The Hall–Kier alpha value is -2.30. The van der Waals surface area contributed by atoms with Gasteiger partial charge >= 0.3 is 6.03 Å². The van der Waals surface area contributed by atoms with Crippen LogP contribution in [0.5, 0.6) is 0 Å². The Morgan fingerprint density at radius 3 is 3.00 bits per heavy atom. The molecule has 2 N–H and O–H groups in total. The number of carbonyl (C=O) groups excluding carboxylic acids is 1. The smallest absolute Gasteiger partial charge is 0.319 e. The quantitative estimate of drug-likeness (QED) is 0.887. The van der Waals surface area contributed by atoms with Crippen molar-refractivity contribution in [3.8, 4) is 0 Å². The largest absolute Gasteiger partial charge is 0.335 e. The maximum atomic E-state index is 11.9. The molecule has 0 spiro atoms. The Balaban J connectivity index is 1.58. The molecular weight excluding hydrogens is 264 g/mol. The SMILES string of the molecule is CC(NC(=O)Nc1cccc(Cn2cccn2)c1)C1CC1. The van der Waals surface area contributed by atoms with Crippen molar-refractivity contribution in [1.82, 2.24) is 15.1 Å². The number of amides is 2. The maximum absolute atomic E-state index is 11.9. The van der Waals surface area contributed by atoms with Crippen LogP contribution < -0.4 is 10.6 Å². The first-order valence-corrected chi connectivity index (χ1v) is 7.34. The molecular formula is C16H20N4O. The molecule has 0 aliphatic heterocycles. The van der Waals surface area contributed by atoms with Crippen LogP contribution in [0.3, 0.4) is 0 Å². The van der Waals surface area contributed by atoms with E-state index < -0.39 is 0 Å². The third-order valence-corrected chi connectivity index (χ3v) is 3.78. The number of hydrogen-bond acceptors (Lipinski definition) is 2. The summed E-state index contributed by atoms with van der Waals surface area (Å²) in [5.41, 5.74) is 1.91. The number of nitrogens with one attached hydrogen (secondary N) is 2. The highest BCUT2D eigenvalue weighted by Crippen LogP contribution is 2.32. The van der Waals surface area contributed by atoms with Crippen LogP contribution in [0.4, 0.5) is 10.5 Å². The van der Waals surface area contributed by atoms with E-state index in [0.717, 1.165) is 11.3 Å². The fraction of sp³-hybridized carbons (Fsp3) is 0.375. The molecule has 0 bridgehead atoms. The lowest BCUT2D eigenvalue weighted by molar-refractivity contribution is 0.248. The van der Waals surface area contributed by atoms with Crippen molar-refractivity contribution in [2.24, 2.45) is 5.92 Å². The van der Waals surface area contributed by atoms with Crippen molar-refractivity contribution in [2.45, 2.75) is 32.4 Å². The van der Waals surface area contributed by atoms with E-state index in [9.17, 15) is 4.79 Å².